The summed E-state index contributed by atoms with van der Waals surface area (Å²) in [5, 5.41) is 2.01. The summed E-state index contributed by atoms with van der Waals surface area (Å²) in [6, 6.07) is 66.1. The molecule has 0 spiro atoms. The van der Waals surface area contributed by atoms with Crippen molar-refractivity contribution in [1.82, 2.24) is 9.13 Å². The minimum absolute atomic E-state index is 0.00809. The first-order valence-electron chi connectivity index (χ1n) is 52.8. The molecule has 0 aliphatic carbocycles. The lowest BCUT2D eigenvalue weighted by Gasteiger charge is -2.46. The molecule has 0 amide bonds. The van der Waals surface area contributed by atoms with E-state index in [-0.39, 0.29) is 72.2 Å². The van der Waals surface area contributed by atoms with Gasteiger partial charge in [-0.3, -0.25) is 0 Å². The lowest BCUT2D eigenvalue weighted by atomic mass is 9.33. The Morgan fingerprint density at radius 2 is 0.558 bits per heavy atom. The lowest BCUT2D eigenvalue weighted by Crippen LogP contribution is -2.61. The van der Waals surface area contributed by atoms with E-state index in [0.29, 0.717) is 28.3 Å². The van der Waals surface area contributed by atoms with Gasteiger partial charge >= 0.3 is 0 Å². The Morgan fingerprint density at radius 3 is 1.00 bits per heavy atom. The lowest BCUT2D eigenvalue weighted by molar-refractivity contribution is 0.569. The van der Waals surface area contributed by atoms with Gasteiger partial charge in [0.25, 0.3) is 6.71 Å². The van der Waals surface area contributed by atoms with Crippen LogP contribution < -0.4 is 26.2 Å². The standard InChI is InChI=1S/C124H135BN4/c1-115(2,3)81-49-44-77(45-50-81)94-69-88(122(22,23)24)71-96(80-62-86(120(16,17)18)65-87(63-80)121(19,20)21)113(94)128-108-64-79(76-38-32-31-33-39-76)48-58-102(108)125-103-59-56-90(126-106-60-54-84(118(10,11)12)67-98(106)99-68-85(119(13,14)15)55-61-107(99)126)73-109(103)129(111-75-91(74-110(128)112(111)125)127-104-42-36-34-40-92(104)93-41-35-37-43-105(93)127)114-95(78-46-51-82(52-47-78)116(4,5)6)70-89(123(25,26)27)72-100(114)97-66-83(117(7,8)9)53-57-101(97)124(28,29)30/h31-75H,1-30H3/i31D,32D,33D,34D,35D,36D,37D,38D,39D,40D,41D,42D,43D. The fourth-order valence-electron chi connectivity index (χ4n) is 19.5. The molecule has 129 heavy (non-hydrogen) atoms. The number of aromatic nitrogens is 2. The van der Waals surface area contributed by atoms with Crippen LogP contribution in [0.3, 0.4) is 0 Å². The highest BCUT2D eigenvalue weighted by Gasteiger charge is 2.47. The fraction of sp³-hybridized carbons (Fsp3) is 0.323. The maximum Gasteiger partial charge on any atom is 0.252 e. The van der Waals surface area contributed by atoms with Crippen molar-refractivity contribution in [3.63, 3.8) is 0 Å². The number of fused-ring (bicyclic) bond motifs is 10. The predicted octanol–water partition coefficient (Wildman–Crippen LogP) is 33.3. The molecule has 5 heteroatoms. The van der Waals surface area contributed by atoms with Gasteiger partial charge in [0.15, 0.2) is 0 Å². The quantitative estimate of drug-likeness (QED) is 0.134. The monoisotopic (exact) mass is 1700 g/mol. The molecule has 0 radical (unpaired) electrons. The highest BCUT2D eigenvalue weighted by atomic mass is 15.2. The molecule has 0 saturated heterocycles. The summed E-state index contributed by atoms with van der Waals surface area (Å²) in [5.41, 5.74) is 24.3. The van der Waals surface area contributed by atoms with E-state index in [9.17, 15) is 16.4 Å². The number of para-hydroxylation sites is 2. The molecule has 2 aliphatic rings. The number of anilines is 6. The molecule has 4 nitrogen and oxygen atoms in total. The van der Waals surface area contributed by atoms with Crippen LogP contribution in [0.4, 0.5) is 34.1 Å². The Labute approximate surface area is 790 Å². The van der Waals surface area contributed by atoms with E-state index in [1.807, 2.05) is 12.1 Å². The first-order chi connectivity index (χ1) is 65.7. The molecule has 0 bridgehead atoms. The second-order valence-corrected chi connectivity index (χ2v) is 47.2. The molecule has 14 aromatic carbocycles. The first kappa shape index (κ1) is 73.2. The largest absolute Gasteiger partial charge is 0.310 e. The SMILES string of the molecule is [2H]c1c([2H])c([2H])c(-c2ccc3c(c2)N(c2c(-c4ccc(C(C)(C)C)cc4)cc(C(C)(C)C)cc2-c2cc(C(C)(C)C)cc(C(C)(C)C)c2)c2cc(-n4c5c([2H])c([2H])c([2H])c([2H])c5c5c([2H])c([2H])c([2H])c([2H])c54)cc4c2B3c2ccc(-n3c5ccc(C(C)(C)C)cc5c5cc(C(C)(C)C)ccc53)cc2N4c2c(-c3ccc(C(C)(C)C)cc3)cc(C(C)(C)C)cc2-c2cc(C(C)(C)C)ccc2C(C)(C)C)c([2H])c1[2H]. The van der Waals surface area contributed by atoms with E-state index in [1.165, 1.54) is 11.1 Å². The van der Waals surface area contributed by atoms with Crippen LogP contribution in [0.1, 0.15) is 281 Å². The highest BCUT2D eigenvalue weighted by molar-refractivity contribution is 7.00. The number of hydrogen-bond donors (Lipinski definition) is 0. The average molecular weight is 1710 g/mol. The van der Waals surface area contributed by atoms with Crippen molar-refractivity contribution in [3.05, 3.63) is 328 Å². The molecule has 0 fully saturated rings. The van der Waals surface area contributed by atoms with Crippen molar-refractivity contribution in [3.8, 4) is 67.0 Å². The van der Waals surface area contributed by atoms with E-state index in [4.69, 9.17) is 1.37 Å². The van der Waals surface area contributed by atoms with Crippen LogP contribution in [-0.2, 0) is 54.1 Å². The maximum atomic E-state index is 10.6. The van der Waals surface area contributed by atoms with E-state index in [1.54, 1.807) is 4.57 Å². The van der Waals surface area contributed by atoms with Crippen molar-refractivity contribution >= 4 is 101 Å². The Kier molecular flexibility index (Phi) is 17.3. The van der Waals surface area contributed by atoms with Crippen molar-refractivity contribution in [2.24, 2.45) is 0 Å². The molecule has 0 saturated carbocycles. The third-order valence-corrected chi connectivity index (χ3v) is 27.4. The summed E-state index contributed by atoms with van der Waals surface area (Å²) in [4.78, 5) is 4.83. The first-order valence-corrected chi connectivity index (χ1v) is 46.3. The van der Waals surface area contributed by atoms with E-state index < -0.39 is 100 Å². The van der Waals surface area contributed by atoms with Crippen LogP contribution in [0, 0.1) is 0 Å². The van der Waals surface area contributed by atoms with Gasteiger partial charge in [0.2, 0.25) is 0 Å². The van der Waals surface area contributed by atoms with Gasteiger partial charge in [-0.1, -0.05) is 389 Å². The van der Waals surface area contributed by atoms with Crippen LogP contribution in [0.5, 0.6) is 0 Å². The molecule has 0 N–H and O–H groups in total. The van der Waals surface area contributed by atoms with Crippen LogP contribution in [0.2, 0.25) is 0 Å². The van der Waals surface area contributed by atoms with E-state index >= 15 is 0 Å². The molecule has 4 heterocycles. The normalized spacial score (nSPS) is 15.2. The summed E-state index contributed by atoms with van der Waals surface area (Å²) in [6.45, 7) is 66.9. The van der Waals surface area contributed by atoms with Crippen LogP contribution in [-0.4, -0.2) is 15.8 Å². The number of hydrogen-bond acceptors (Lipinski definition) is 2. The Hall–Kier alpha value is -11.7. The molecule has 16 aromatic rings. The molecule has 2 aromatic heterocycles. The van der Waals surface area contributed by atoms with Crippen LogP contribution in [0.25, 0.3) is 111 Å². The highest BCUT2D eigenvalue weighted by Crippen LogP contribution is 2.58. The van der Waals surface area contributed by atoms with E-state index in [0.717, 1.165) is 144 Å². The van der Waals surface area contributed by atoms with Gasteiger partial charge in [0.05, 0.1) is 56.9 Å². The zero-order valence-corrected chi connectivity index (χ0v) is 81.8. The Bertz CT molecular complexity index is 7800. The van der Waals surface area contributed by atoms with Gasteiger partial charge < -0.3 is 18.9 Å². The summed E-state index contributed by atoms with van der Waals surface area (Å²) in [6.07, 6.45) is 0. The van der Waals surface area contributed by atoms with Gasteiger partial charge in [-0.25, -0.2) is 0 Å². The van der Waals surface area contributed by atoms with Gasteiger partial charge in [-0.2, -0.15) is 0 Å². The third kappa shape index (κ3) is 15.7. The molecule has 18 rings (SSSR count). The van der Waals surface area contributed by atoms with Crippen molar-refractivity contribution in [2.45, 2.75) is 262 Å². The zero-order chi connectivity index (χ0) is 104. The topological polar surface area (TPSA) is 16.3 Å². The smallest absolute Gasteiger partial charge is 0.252 e. The van der Waals surface area contributed by atoms with Gasteiger partial charge in [0, 0.05) is 72.2 Å². The molecule has 654 valence electrons. The summed E-state index contributed by atoms with van der Waals surface area (Å²) in [7, 11) is 0. The fourth-order valence-corrected chi connectivity index (χ4v) is 19.5. The maximum absolute atomic E-state index is 10.6. The number of nitrogens with zero attached hydrogens (tertiary/aromatic N) is 4. The van der Waals surface area contributed by atoms with Gasteiger partial charge in [-0.05, 0) is 251 Å². The van der Waals surface area contributed by atoms with Crippen LogP contribution in [0.15, 0.2) is 273 Å². The summed E-state index contributed by atoms with van der Waals surface area (Å²) >= 11 is 0. The Morgan fingerprint density at radius 1 is 0.217 bits per heavy atom. The summed E-state index contributed by atoms with van der Waals surface area (Å²) in [5.74, 6) is 0. The van der Waals surface area contributed by atoms with Crippen molar-refractivity contribution in [2.75, 3.05) is 9.80 Å². The van der Waals surface area contributed by atoms with Crippen molar-refractivity contribution in [1.29, 1.82) is 0 Å². The zero-order valence-electron chi connectivity index (χ0n) is 94.8. The van der Waals surface area contributed by atoms with Gasteiger partial charge in [0.1, 0.15) is 0 Å². The second-order valence-electron chi connectivity index (χ2n) is 47.2. The van der Waals surface area contributed by atoms with Crippen molar-refractivity contribution < 1.29 is 17.8 Å². The Balaban J connectivity index is 1.17. The predicted molar refractivity (Wildman–Crippen MR) is 563 cm³/mol. The van der Waals surface area contributed by atoms with Crippen LogP contribution >= 0.6 is 0 Å². The molecule has 0 atom stereocenters. The number of benzene rings is 14. The third-order valence-electron chi connectivity index (χ3n) is 27.4. The summed E-state index contributed by atoms with van der Waals surface area (Å²) < 4.78 is 133. The molecular formula is C124H135BN4. The molecule has 2 aliphatic heterocycles. The average Bonchev–Trinajstić information content (AvgIpc) is 0.874. The molecule has 0 unspecified atom stereocenters. The minimum atomic E-state index is -0.807. The van der Waals surface area contributed by atoms with Gasteiger partial charge in [-0.15, -0.1) is 0 Å². The van der Waals surface area contributed by atoms with E-state index in [2.05, 4.69) is 404 Å². The minimum Gasteiger partial charge on any atom is -0.310 e. The molecular weight excluding hydrogens is 1560 g/mol. The second kappa shape index (κ2) is 30.5. The number of rotatable bonds is 9.